The molecule has 7 aromatic heterocycles. The van der Waals surface area contributed by atoms with Crippen LogP contribution in [0.1, 0.15) is 27.7 Å². The van der Waals surface area contributed by atoms with Crippen LogP contribution in [0.2, 0.25) is 0 Å². The van der Waals surface area contributed by atoms with Crippen LogP contribution in [0, 0.1) is 0 Å². The van der Waals surface area contributed by atoms with Gasteiger partial charge >= 0.3 is 7.12 Å². The summed E-state index contributed by atoms with van der Waals surface area (Å²) in [5, 5.41) is 0. The highest BCUT2D eigenvalue weighted by molar-refractivity contribution is 9.10. The number of hydrogen-bond acceptors (Lipinski definition) is 14. The van der Waals surface area contributed by atoms with Gasteiger partial charge in [-0.2, -0.15) is 0 Å². The second kappa shape index (κ2) is 17.3. The van der Waals surface area contributed by atoms with Crippen molar-refractivity contribution in [2.75, 3.05) is 7.11 Å². The van der Waals surface area contributed by atoms with Gasteiger partial charge in [-0.05, 0) is 118 Å². The van der Waals surface area contributed by atoms with Gasteiger partial charge in [0.05, 0.1) is 47.4 Å². The lowest BCUT2D eigenvalue weighted by molar-refractivity contribution is 0.00578. The first-order chi connectivity index (χ1) is 30.5. The van der Waals surface area contributed by atoms with E-state index >= 15 is 0 Å². The van der Waals surface area contributed by atoms with E-state index in [1.807, 2.05) is 119 Å². The smallest absolute Gasteiger partial charge is 0.494 e. The lowest BCUT2D eigenvalue weighted by atomic mass is 9.79. The molecule has 8 heterocycles. The average Bonchev–Trinajstić information content (AvgIpc) is 4.10. The second-order valence-corrected chi connectivity index (χ2v) is 16.3. The maximum atomic E-state index is 6.10. The Labute approximate surface area is 370 Å². The van der Waals surface area contributed by atoms with Crippen LogP contribution in [0.3, 0.4) is 0 Å². The molecule has 0 atom stereocenters. The minimum atomic E-state index is -0.405. The minimum Gasteiger partial charge on any atom is -0.494 e. The topological polar surface area (TPSA) is 170 Å². The van der Waals surface area contributed by atoms with Gasteiger partial charge in [-0.15, -0.1) is 0 Å². The van der Waals surface area contributed by atoms with Crippen molar-refractivity contribution in [2.45, 2.75) is 38.9 Å². The summed E-state index contributed by atoms with van der Waals surface area (Å²) in [4.78, 5) is 34.3. The Morgan fingerprint density at radius 1 is 0.524 bits per heavy atom. The van der Waals surface area contributed by atoms with Crippen molar-refractivity contribution < 1.29 is 27.3 Å². The summed E-state index contributed by atoms with van der Waals surface area (Å²) in [7, 11) is 1.18. The number of benzene rings is 3. The molecule has 1 aliphatic heterocycles. The van der Waals surface area contributed by atoms with Gasteiger partial charge in [0.15, 0.2) is 28.3 Å². The van der Waals surface area contributed by atoms with Crippen LogP contribution in [-0.2, 0) is 9.31 Å². The lowest BCUT2D eigenvalue weighted by Crippen LogP contribution is -2.41. The van der Waals surface area contributed by atoms with Crippen molar-refractivity contribution in [2.24, 2.45) is 0 Å². The molecule has 1 aliphatic rings. The molecule has 0 aliphatic carbocycles. The van der Waals surface area contributed by atoms with Crippen LogP contribution < -0.4 is 10.2 Å². The van der Waals surface area contributed by atoms with Crippen molar-refractivity contribution in [1.29, 1.82) is 0 Å². The van der Waals surface area contributed by atoms with Gasteiger partial charge in [0, 0.05) is 47.2 Å². The zero-order valence-corrected chi connectivity index (χ0v) is 36.3. The molecule has 14 nitrogen and oxygen atoms in total. The Bertz CT molecular complexity index is 3130. The predicted octanol–water partition coefficient (Wildman–Crippen LogP) is 10.2. The molecule has 0 spiro atoms. The third-order valence-corrected chi connectivity index (χ3v) is 11.0. The fourth-order valence-electron chi connectivity index (χ4n) is 6.45. The Kier molecular flexibility index (Phi) is 11.3. The van der Waals surface area contributed by atoms with Crippen molar-refractivity contribution >= 4 is 61.8 Å². The zero-order valence-electron chi connectivity index (χ0n) is 34.8. The van der Waals surface area contributed by atoms with Crippen LogP contribution in [-0.4, -0.2) is 65.3 Å². The van der Waals surface area contributed by atoms with Gasteiger partial charge in [-0.25, -0.2) is 24.9 Å². The Morgan fingerprint density at radius 3 is 1.46 bits per heavy atom. The Morgan fingerprint density at radius 2 is 0.984 bits per heavy atom. The van der Waals surface area contributed by atoms with E-state index < -0.39 is 7.12 Å². The second-order valence-electron chi connectivity index (χ2n) is 15.3. The first-order valence-corrected chi connectivity index (χ1v) is 20.6. The van der Waals surface area contributed by atoms with E-state index in [1.165, 1.54) is 0 Å². The fourth-order valence-corrected chi connectivity index (χ4v) is 6.80. The van der Waals surface area contributed by atoms with Crippen molar-refractivity contribution in [3.8, 4) is 51.5 Å². The summed E-state index contributed by atoms with van der Waals surface area (Å²) in [6.45, 7) is 8.18. The van der Waals surface area contributed by atoms with E-state index in [-0.39, 0.29) is 11.2 Å². The van der Waals surface area contributed by atoms with Crippen molar-refractivity contribution in [3.63, 3.8) is 0 Å². The van der Waals surface area contributed by atoms with E-state index in [1.54, 1.807) is 56.7 Å². The van der Waals surface area contributed by atoms with Crippen molar-refractivity contribution in [1.82, 2.24) is 39.9 Å². The predicted molar refractivity (Wildman–Crippen MR) is 243 cm³/mol. The van der Waals surface area contributed by atoms with Crippen LogP contribution >= 0.6 is 15.9 Å². The zero-order chi connectivity index (χ0) is 43.6. The summed E-state index contributed by atoms with van der Waals surface area (Å²) < 4.78 is 35.5. The highest BCUT2D eigenvalue weighted by Crippen LogP contribution is 2.37. The molecule has 0 amide bonds. The SMILES string of the molecule is Brc1ccc2oc(-c3cccnc3)nc2c1.CC1(C)OB(c2ccc3oc(-c4cccnc4)nc3c2)OC1(C)C.COc1cnc(-c2ccc3oc(-c4cccnc4)nc3c2)nc1. The van der Waals surface area contributed by atoms with Gasteiger partial charge in [0.25, 0.3) is 0 Å². The maximum Gasteiger partial charge on any atom is 0.494 e. The summed E-state index contributed by atoms with van der Waals surface area (Å²) in [5.41, 5.74) is 8.24. The van der Waals surface area contributed by atoms with Crippen LogP contribution in [0.25, 0.3) is 79.0 Å². The number of nitrogens with zero attached hydrogens (tertiary/aromatic N) is 8. The van der Waals surface area contributed by atoms with E-state index in [0.29, 0.717) is 34.8 Å². The normalized spacial score (nSPS) is 14.0. The van der Waals surface area contributed by atoms with Gasteiger partial charge in [-0.3, -0.25) is 15.0 Å². The number of halogens is 1. The molecule has 3 aromatic carbocycles. The molecular formula is C47H38BBrN8O6. The molecule has 1 fully saturated rings. The van der Waals surface area contributed by atoms with Crippen LogP contribution in [0.4, 0.5) is 0 Å². The monoisotopic (exact) mass is 900 g/mol. The Hall–Kier alpha value is -7.14. The van der Waals surface area contributed by atoms with Crippen molar-refractivity contribution in [3.05, 3.63) is 145 Å². The quantitative estimate of drug-likeness (QED) is 0.144. The minimum absolute atomic E-state index is 0.364. The fraction of sp³-hybridized carbons (Fsp3) is 0.149. The molecular weight excluding hydrogens is 863 g/mol. The maximum absolute atomic E-state index is 6.10. The highest BCUT2D eigenvalue weighted by Gasteiger charge is 2.51. The van der Waals surface area contributed by atoms with Gasteiger partial charge in [0.1, 0.15) is 16.6 Å². The lowest BCUT2D eigenvalue weighted by Gasteiger charge is -2.32. The number of methoxy groups -OCH3 is 1. The number of rotatable bonds is 6. The van der Waals surface area contributed by atoms with Gasteiger partial charge < -0.3 is 27.3 Å². The number of oxazole rings is 3. The molecule has 0 radical (unpaired) electrons. The molecule has 63 heavy (non-hydrogen) atoms. The summed E-state index contributed by atoms with van der Waals surface area (Å²) >= 11 is 3.40. The van der Waals surface area contributed by atoms with Gasteiger partial charge in [0.2, 0.25) is 17.7 Å². The largest absolute Gasteiger partial charge is 0.494 e. The first kappa shape index (κ1) is 41.2. The van der Waals surface area contributed by atoms with E-state index in [9.17, 15) is 0 Å². The molecule has 16 heteroatoms. The molecule has 0 N–H and O–H groups in total. The molecule has 0 saturated carbocycles. The molecule has 11 rings (SSSR count). The van der Waals surface area contributed by atoms with Crippen LogP contribution in [0.5, 0.6) is 5.75 Å². The molecule has 312 valence electrons. The number of aromatic nitrogens is 8. The summed E-state index contributed by atoms with van der Waals surface area (Å²) in [6.07, 6.45) is 13.6. The number of pyridine rings is 3. The van der Waals surface area contributed by atoms with E-state index in [4.69, 9.17) is 27.3 Å². The third-order valence-electron chi connectivity index (χ3n) is 10.5. The summed E-state index contributed by atoms with van der Waals surface area (Å²) in [6, 6.07) is 28.6. The number of hydrogen-bond donors (Lipinski definition) is 0. The molecule has 0 bridgehead atoms. The Balaban J connectivity index is 0.000000122. The van der Waals surface area contributed by atoms with Gasteiger partial charge in [-0.1, -0.05) is 22.0 Å². The molecule has 0 unspecified atom stereocenters. The standard InChI is InChI=1S/C18H19BN2O3.C17H12N4O2.C12H7BrN2O/c1-17(2)18(3,4)24-19(23-17)13-7-8-15-14(10-13)21-16(22-15)12-6-5-9-20-11-12;1-22-13-9-19-16(20-10-13)11-4-5-15-14(7-11)21-17(23-15)12-3-2-6-18-8-12;13-9-3-4-11-10(6-9)15-12(16-11)8-2-1-5-14-7-8/h5-11H,1-4H3;2-10H,1H3;1-7H. The number of fused-ring (bicyclic) bond motifs is 3. The molecule has 10 aromatic rings. The first-order valence-electron chi connectivity index (χ1n) is 19.8. The average molecular weight is 902 g/mol. The summed E-state index contributed by atoms with van der Waals surface area (Å²) in [5.74, 6) is 2.93. The van der Waals surface area contributed by atoms with E-state index in [2.05, 4.69) is 55.8 Å². The highest BCUT2D eigenvalue weighted by atomic mass is 79.9. The molecule has 1 saturated heterocycles. The number of ether oxygens (including phenoxy) is 1. The van der Waals surface area contributed by atoms with Crippen LogP contribution in [0.15, 0.2) is 158 Å². The van der Waals surface area contributed by atoms with E-state index in [0.717, 1.165) is 59.9 Å². The third kappa shape index (κ3) is 8.95.